The maximum atomic E-state index is 12.8. The van der Waals surface area contributed by atoms with E-state index in [0.717, 1.165) is 12.8 Å². The fourth-order valence-electron chi connectivity index (χ4n) is 2.02. The van der Waals surface area contributed by atoms with Crippen LogP contribution in [0.4, 0.5) is 9.18 Å². The van der Waals surface area contributed by atoms with E-state index in [2.05, 4.69) is 20.9 Å². The lowest BCUT2D eigenvalue weighted by atomic mass is 10.2. The second kappa shape index (κ2) is 14.3. The molecule has 0 radical (unpaired) electrons. The number of nitrogens with zero attached hydrogens (tertiary/aromatic N) is 1. The fraction of sp³-hybridized carbons (Fsp3) is 0.579. The molecule has 0 atom stereocenters. The van der Waals surface area contributed by atoms with E-state index in [1.807, 2.05) is 20.8 Å². The molecule has 0 aliphatic carbocycles. The van der Waals surface area contributed by atoms with Gasteiger partial charge in [-0.3, -0.25) is 4.99 Å². The summed E-state index contributed by atoms with van der Waals surface area (Å²) in [5.74, 6) is 1.06. The Balaban J connectivity index is 0.00000729. The molecule has 160 valence electrons. The topological polar surface area (TPSA) is 84.0 Å². The molecule has 0 unspecified atom stereocenters. The number of amides is 1. The molecule has 9 heteroatoms. The Morgan fingerprint density at radius 1 is 1.04 bits per heavy atom. The van der Waals surface area contributed by atoms with Gasteiger partial charge in [-0.05, 0) is 57.9 Å². The van der Waals surface area contributed by atoms with Gasteiger partial charge in [0.2, 0.25) is 0 Å². The lowest BCUT2D eigenvalue weighted by molar-refractivity contribution is 0.0527. The van der Waals surface area contributed by atoms with Crippen molar-refractivity contribution in [1.29, 1.82) is 0 Å². The summed E-state index contributed by atoms with van der Waals surface area (Å²) >= 11 is 0. The fourth-order valence-corrected chi connectivity index (χ4v) is 2.02. The van der Waals surface area contributed by atoms with E-state index in [-0.39, 0.29) is 29.8 Å². The molecule has 28 heavy (non-hydrogen) atoms. The van der Waals surface area contributed by atoms with E-state index in [1.165, 1.54) is 12.1 Å². The molecule has 0 aliphatic rings. The predicted molar refractivity (Wildman–Crippen MR) is 120 cm³/mol. The summed E-state index contributed by atoms with van der Waals surface area (Å²) in [5.41, 5.74) is -0.491. The van der Waals surface area contributed by atoms with Crippen molar-refractivity contribution in [2.24, 2.45) is 4.99 Å². The minimum Gasteiger partial charge on any atom is -0.494 e. The van der Waals surface area contributed by atoms with Crippen LogP contribution in [0.15, 0.2) is 29.3 Å². The number of rotatable bonds is 9. The maximum absolute atomic E-state index is 12.8. The zero-order chi connectivity index (χ0) is 20.1. The number of carbonyl (C=O) groups excluding carboxylic acids is 1. The highest BCUT2D eigenvalue weighted by Crippen LogP contribution is 2.10. The Morgan fingerprint density at radius 2 is 1.61 bits per heavy atom. The van der Waals surface area contributed by atoms with Crippen molar-refractivity contribution in [3.05, 3.63) is 30.1 Å². The molecule has 3 N–H and O–H groups in total. The lowest BCUT2D eigenvalue weighted by Crippen LogP contribution is -2.39. The van der Waals surface area contributed by atoms with Crippen molar-refractivity contribution < 1.29 is 18.7 Å². The second-order valence-corrected chi connectivity index (χ2v) is 6.86. The van der Waals surface area contributed by atoms with Crippen LogP contribution in [0.3, 0.4) is 0 Å². The second-order valence-electron chi connectivity index (χ2n) is 6.86. The minimum atomic E-state index is -0.491. The quantitative estimate of drug-likeness (QED) is 0.206. The summed E-state index contributed by atoms with van der Waals surface area (Å²) in [6.45, 7) is 7.88. The third kappa shape index (κ3) is 13.4. The highest BCUT2D eigenvalue weighted by atomic mass is 127. The predicted octanol–water partition coefficient (Wildman–Crippen LogP) is 3.29. The molecule has 0 bridgehead atoms. The van der Waals surface area contributed by atoms with E-state index in [4.69, 9.17) is 9.47 Å². The summed E-state index contributed by atoms with van der Waals surface area (Å²) in [4.78, 5) is 15.6. The van der Waals surface area contributed by atoms with E-state index in [0.29, 0.717) is 38.0 Å². The first-order chi connectivity index (χ1) is 12.8. The van der Waals surface area contributed by atoms with E-state index >= 15 is 0 Å². The summed E-state index contributed by atoms with van der Waals surface area (Å²) in [6, 6.07) is 5.96. The minimum absolute atomic E-state index is 0. The molecule has 0 aromatic heterocycles. The van der Waals surface area contributed by atoms with Gasteiger partial charge in [-0.2, -0.15) is 0 Å². The molecular formula is C19H32FIN4O3. The van der Waals surface area contributed by atoms with Crippen LogP contribution in [0.2, 0.25) is 0 Å². The van der Waals surface area contributed by atoms with Gasteiger partial charge in [-0.25, -0.2) is 9.18 Å². The highest BCUT2D eigenvalue weighted by Gasteiger charge is 2.15. The van der Waals surface area contributed by atoms with Gasteiger partial charge >= 0.3 is 6.09 Å². The molecule has 1 aromatic rings. The first kappa shape index (κ1) is 26.2. The van der Waals surface area contributed by atoms with Crippen LogP contribution in [0.25, 0.3) is 0 Å². The van der Waals surface area contributed by atoms with Crippen LogP contribution in [0.1, 0.15) is 33.6 Å². The van der Waals surface area contributed by atoms with Crippen molar-refractivity contribution in [2.45, 2.75) is 39.2 Å². The number of hydrogen-bond acceptors (Lipinski definition) is 4. The third-order valence-corrected chi connectivity index (χ3v) is 3.23. The number of benzene rings is 1. The van der Waals surface area contributed by atoms with Crippen molar-refractivity contribution >= 4 is 36.0 Å². The molecule has 0 fully saturated rings. The van der Waals surface area contributed by atoms with Gasteiger partial charge in [0.25, 0.3) is 0 Å². The molecular weight excluding hydrogens is 478 g/mol. The average molecular weight is 510 g/mol. The lowest BCUT2D eigenvalue weighted by Gasteiger charge is -2.19. The Hall–Kier alpha value is -1.78. The van der Waals surface area contributed by atoms with Crippen LogP contribution in [-0.4, -0.2) is 50.9 Å². The van der Waals surface area contributed by atoms with Crippen LogP contribution in [0.5, 0.6) is 5.75 Å². The van der Waals surface area contributed by atoms with Crippen molar-refractivity contribution in [1.82, 2.24) is 16.0 Å². The molecule has 1 amide bonds. The number of ether oxygens (including phenoxy) is 2. The summed E-state index contributed by atoms with van der Waals surface area (Å²) in [5, 5.41) is 9.06. The Kier molecular flexibility index (Phi) is 13.3. The number of carbonyl (C=O) groups is 1. The highest BCUT2D eigenvalue weighted by molar-refractivity contribution is 14.0. The Labute approximate surface area is 183 Å². The van der Waals surface area contributed by atoms with Gasteiger partial charge in [0.05, 0.1) is 6.61 Å². The van der Waals surface area contributed by atoms with Crippen molar-refractivity contribution in [3.8, 4) is 5.75 Å². The molecule has 1 rings (SSSR count). The van der Waals surface area contributed by atoms with E-state index in [1.54, 1.807) is 19.2 Å². The zero-order valence-corrected chi connectivity index (χ0v) is 19.3. The normalized spacial score (nSPS) is 11.2. The monoisotopic (exact) mass is 510 g/mol. The Morgan fingerprint density at radius 3 is 2.18 bits per heavy atom. The number of alkyl carbamates (subject to hydrolysis) is 1. The maximum Gasteiger partial charge on any atom is 0.407 e. The SMILES string of the molecule is CN=C(NCCCNC(=O)OC(C)(C)C)NCCCOc1ccc(F)cc1.I. The molecule has 0 heterocycles. The van der Waals surface area contributed by atoms with Crippen LogP contribution >= 0.6 is 24.0 Å². The zero-order valence-electron chi connectivity index (χ0n) is 17.0. The van der Waals surface area contributed by atoms with Crippen LogP contribution < -0.4 is 20.7 Å². The van der Waals surface area contributed by atoms with Crippen LogP contribution in [0, 0.1) is 5.82 Å². The van der Waals surface area contributed by atoms with Gasteiger partial charge in [-0.1, -0.05) is 0 Å². The molecule has 1 aromatic carbocycles. The average Bonchev–Trinajstić information content (AvgIpc) is 2.59. The van der Waals surface area contributed by atoms with E-state index < -0.39 is 11.7 Å². The smallest absolute Gasteiger partial charge is 0.407 e. The van der Waals surface area contributed by atoms with Gasteiger partial charge in [0.15, 0.2) is 5.96 Å². The van der Waals surface area contributed by atoms with Crippen LogP contribution in [-0.2, 0) is 4.74 Å². The number of hydrogen-bond donors (Lipinski definition) is 3. The molecule has 0 aliphatic heterocycles. The van der Waals surface area contributed by atoms with Gasteiger partial charge < -0.3 is 25.4 Å². The molecule has 0 saturated carbocycles. The molecule has 0 spiro atoms. The number of guanidine groups is 1. The molecule has 0 saturated heterocycles. The summed E-state index contributed by atoms with van der Waals surface area (Å²) in [6.07, 6.45) is 1.11. The molecule has 7 nitrogen and oxygen atoms in total. The van der Waals surface area contributed by atoms with Gasteiger partial charge in [0, 0.05) is 26.7 Å². The largest absolute Gasteiger partial charge is 0.494 e. The Bertz CT molecular complexity index is 592. The van der Waals surface area contributed by atoms with Gasteiger partial charge in [-0.15, -0.1) is 24.0 Å². The first-order valence-electron chi connectivity index (χ1n) is 9.10. The standard InChI is InChI=1S/C19H31FN4O3.HI/c1-19(2,3)27-18(25)24-12-5-11-22-17(21-4)23-13-6-14-26-16-9-7-15(20)8-10-16;/h7-10H,5-6,11-14H2,1-4H3,(H,24,25)(H2,21,22,23);1H. The first-order valence-corrected chi connectivity index (χ1v) is 9.10. The number of nitrogens with one attached hydrogen (secondary N) is 3. The number of aliphatic imine (C=N–C) groups is 1. The van der Waals surface area contributed by atoms with Crippen molar-refractivity contribution in [3.63, 3.8) is 0 Å². The summed E-state index contributed by atoms with van der Waals surface area (Å²) < 4.78 is 23.5. The summed E-state index contributed by atoms with van der Waals surface area (Å²) in [7, 11) is 1.70. The number of halogens is 2. The van der Waals surface area contributed by atoms with Gasteiger partial charge in [0.1, 0.15) is 17.2 Å². The van der Waals surface area contributed by atoms with Crippen molar-refractivity contribution in [2.75, 3.05) is 33.3 Å². The van der Waals surface area contributed by atoms with E-state index in [9.17, 15) is 9.18 Å². The third-order valence-electron chi connectivity index (χ3n) is 3.23.